The van der Waals surface area contributed by atoms with Crippen molar-refractivity contribution in [3.8, 4) is 17.0 Å². The molecular formula is C23H22ClFN6O3S. The minimum atomic E-state index is -3.55. The molecule has 4 rings (SSSR count). The van der Waals surface area contributed by atoms with E-state index in [4.69, 9.17) is 16.3 Å². The molecule has 0 unspecified atom stereocenters. The summed E-state index contributed by atoms with van der Waals surface area (Å²) in [4.78, 5) is 8.43. The van der Waals surface area contributed by atoms with Crippen LogP contribution in [0.5, 0.6) is 5.75 Å². The highest BCUT2D eigenvalue weighted by Crippen LogP contribution is 2.33. The number of sulfonamides is 1. The summed E-state index contributed by atoms with van der Waals surface area (Å²) in [7, 11) is -3.55. The summed E-state index contributed by atoms with van der Waals surface area (Å²) in [5.41, 5.74) is 3.06. The Hall–Kier alpha value is -3.70. The van der Waals surface area contributed by atoms with Crippen molar-refractivity contribution in [2.75, 3.05) is 15.8 Å². The van der Waals surface area contributed by atoms with Crippen LogP contribution in [0.25, 0.3) is 11.3 Å². The molecule has 0 atom stereocenters. The fourth-order valence-corrected chi connectivity index (χ4v) is 3.90. The molecule has 2 aromatic carbocycles. The highest BCUT2D eigenvalue weighted by atomic mass is 35.5. The molecule has 0 fully saturated rings. The Morgan fingerprint density at radius 3 is 2.63 bits per heavy atom. The third-order valence-electron chi connectivity index (χ3n) is 4.93. The Morgan fingerprint density at radius 1 is 1.09 bits per heavy atom. The Kier molecular flexibility index (Phi) is 7.17. The number of aromatic nitrogens is 4. The molecule has 0 bridgehead atoms. The first-order valence-electron chi connectivity index (χ1n) is 10.5. The first-order chi connectivity index (χ1) is 16.7. The van der Waals surface area contributed by atoms with Crippen LogP contribution in [-0.4, -0.2) is 34.3 Å². The lowest BCUT2D eigenvalue weighted by molar-refractivity contribution is 0.308. The topological polar surface area (TPSA) is 122 Å². The summed E-state index contributed by atoms with van der Waals surface area (Å²) >= 11 is 5.86. The second kappa shape index (κ2) is 10.3. The molecule has 0 aliphatic carbocycles. The van der Waals surface area contributed by atoms with Crippen molar-refractivity contribution in [3.05, 3.63) is 77.0 Å². The molecule has 0 spiro atoms. The van der Waals surface area contributed by atoms with Crippen molar-refractivity contribution in [2.24, 2.45) is 0 Å². The summed E-state index contributed by atoms with van der Waals surface area (Å²) in [6, 6.07) is 11.0. The molecule has 3 N–H and O–H groups in total. The van der Waals surface area contributed by atoms with Gasteiger partial charge in [0.05, 0.1) is 40.2 Å². The molecule has 2 heterocycles. The van der Waals surface area contributed by atoms with Crippen LogP contribution in [-0.2, 0) is 16.6 Å². The lowest BCUT2D eigenvalue weighted by Crippen LogP contribution is -2.15. The third-order valence-corrected chi connectivity index (χ3v) is 6.51. The molecule has 35 heavy (non-hydrogen) atoms. The molecule has 0 saturated carbocycles. The number of rotatable bonds is 9. The maximum atomic E-state index is 13.5. The first-order valence-corrected chi connectivity index (χ1v) is 12.6. The van der Waals surface area contributed by atoms with Gasteiger partial charge in [-0.15, -0.1) is 0 Å². The maximum absolute atomic E-state index is 13.5. The van der Waals surface area contributed by atoms with Gasteiger partial charge >= 0.3 is 0 Å². The van der Waals surface area contributed by atoms with Gasteiger partial charge in [-0.1, -0.05) is 23.7 Å². The van der Waals surface area contributed by atoms with E-state index in [1.807, 2.05) is 6.92 Å². The van der Waals surface area contributed by atoms with Crippen molar-refractivity contribution < 1.29 is 17.5 Å². The number of nitrogens with one attached hydrogen (secondary N) is 3. The summed E-state index contributed by atoms with van der Waals surface area (Å²) in [5, 5.41) is 10.2. The Morgan fingerprint density at radius 2 is 1.91 bits per heavy atom. The molecule has 0 saturated heterocycles. The van der Waals surface area contributed by atoms with Gasteiger partial charge in [-0.3, -0.25) is 14.8 Å². The number of benzene rings is 2. The lowest BCUT2D eigenvalue weighted by atomic mass is 10.1. The van der Waals surface area contributed by atoms with E-state index in [0.29, 0.717) is 28.5 Å². The van der Waals surface area contributed by atoms with Crippen LogP contribution in [0, 0.1) is 12.7 Å². The standard InChI is InChI=1S/C23H22ClFN6O3S/c1-3-35(32,33)31-19-7-5-16(9-21(19)34-13-15-4-6-18(25)17(24)8-15)20-10-22(30-29-20)28-23-12-26-14(2)11-27-23/h4-12,31H,3,13H2,1-2H3,(H2,27,28,29,30). The van der Waals surface area contributed by atoms with Crippen molar-refractivity contribution in [2.45, 2.75) is 20.5 Å². The van der Waals surface area contributed by atoms with E-state index >= 15 is 0 Å². The van der Waals surface area contributed by atoms with Crippen molar-refractivity contribution >= 4 is 38.9 Å². The highest BCUT2D eigenvalue weighted by Gasteiger charge is 2.15. The molecule has 0 radical (unpaired) electrons. The van der Waals surface area contributed by atoms with Gasteiger partial charge < -0.3 is 10.1 Å². The molecule has 0 amide bonds. The maximum Gasteiger partial charge on any atom is 0.232 e. The Labute approximate surface area is 206 Å². The fourth-order valence-electron chi connectivity index (χ4n) is 3.05. The van der Waals surface area contributed by atoms with Crippen LogP contribution in [0.1, 0.15) is 18.2 Å². The van der Waals surface area contributed by atoms with Gasteiger partial charge in [-0.05, 0) is 43.7 Å². The smallest absolute Gasteiger partial charge is 0.232 e. The predicted octanol–water partition coefficient (Wildman–Crippen LogP) is 5.05. The molecule has 2 aromatic heterocycles. The second-order valence-corrected chi connectivity index (χ2v) is 10.0. The highest BCUT2D eigenvalue weighted by molar-refractivity contribution is 7.92. The van der Waals surface area contributed by atoms with E-state index in [0.717, 1.165) is 5.69 Å². The number of H-pyrrole nitrogens is 1. The molecule has 12 heteroatoms. The van der Waals surface area contributed by atoms with Crippen molar-refractivity contribution in [1.29, 1.82) is 0 Å². The van der Waals surface area contributed by atoms with E-state index in [-0.39, 0.29) is 28.8 Å². The Balaban J connectivity index is 1.60. The zero-order chi connectivity index (χ0) is 25.0. The SMILES string of the molecule is CCS(=O)(=O)Nc1ccc(-c2cc(Nc3cnc(C)cn3)n[nH]2)cc1OCc1ccc(F)c(Cl)c1. The number of ether oxygens (including phenoxy) is 1. The van der Waals surface area contributed by atoms with Crippen LogP contribution >= 0.6 is 11.6 Å². The van der Waals surface area contributed by atoms with Gasteiger partial charge in [-0.25, -0.2) is 17.8 Å². The van der Waals surface area contributed by atoms with Gasteiger partial charge in [0.1, 0.15) is 24.0 Å². The minimum Gasteiger partial charge on any atom is -0.487 e. The van der Waals surface area contributed by atoms with E-state index in [1.165, 1.54) is 19.1 Å². The zero-order valence-electron chi connectivity index (χ0n) is 18.8. The fraction of sp³-hybridized carbons (Fsp3) is 0.174. The van der Waals surface area contributed by atoms with Crippen molar-refractivity contribution in [3.63, 3.8) is 0 Å². The summed E-state index contributed by atoms with van der Waals surface area (Å²) in [6.07, 6.45) is 3.25. The average Bonchev–Trinajstić information content (AvgIpc) is 3.30. The number of anilines is 3. The number of aryl methyl sites for hydroxylation is 1. The van der Waals surface area contributed by atoms with Crippen molar-refractivity contribution in [1.82, 2.24) is 20.2 Å². The lowest BCUT2D eigenvalue weighted by Gasteiger charge is -2.15. The zero-order valence-corrected chi connectivity index (χ0v) is 20.4. The number of halogens is 2. The normalized spacial score (nSPS) is 11.3. The summed E-state index contributed by atoms with van der Waals surface area (Å²) in [6.45, 7) is 3.43. The van der Waals surface area contributed by atoms with E-state index in [1.54, 1.807) is 42.7 Å². The second-order valence-electron chi connectivity index (χ2n) is 7.59. The van der Waals surface area contributed by atoms with Gasteiger partial charge in [0.25, 0.3) is 0 Å². The van der Waals surface area contributed by atoms with Crippen LogP contribution < -0.4 is 14.8 Å². The van der Waals surface area contributed by atoms with E-state index in [9.17, 15) is 12.8 Å². The number of hydrogen-bond acceptors (Lipinski definition) is 7. The molecular weight excluding hydrogens is 495 g/mol. The minimum absolute atomic E-state index is 0.0254. The van der Waals surface area contributed by atoms with Crippen LogP contribution in [0.4, 0.5) is 21.7 Å². The number of nitrogens with zero attached hydrogens (tertiary/aromatic N) is 3. The molecule has 0 aliphatic heterocycles. The first kappa shape index (κ1) is 24.4. The van der Waals surface area contributed by atoms with Crippen LogP contribution in [0.15, 0.2) is 54.9 Å². The molecule has 4 aromatic rings. The average molecular weight is 517 g/mol. The van der Waals surface area contributed by atoms with E-state index in [2.05, 4.69) is 30.2 Å². The van der Waals surface area contributed by atoms with E-state index < -0.39 is 15.8 Å². The number of aromatic amines is 1. The molecule has 0 aliphatic rings. The predicted molar refractivity (Wildman–Crippen MR) is 133 cm³/mol. The summed E-state index contributed by atoms with van der Waals surface area (Å²) in [5.74, 6) is 0.721. The van der Waals surface area contributed by atoms with Gasteiger partial charge in [0, 0.05) is 11.6 Å². The third kappa shape index (κ3) is 6.25. The summed E-state index contributed by atoms with van der Waals surface area (Å²) < 4.78 is 46.2. The van der Waals surface area contributed by atoms with Crippen LogP contribution in [0.3, 0.4) is 0 Å². The molecule has 182 valence electrons. The quantitative estimate of drug-likeness (QED) is 0.284. The van der Waals surface area contributed by atoms with Gasteiger partial charge in [-0.2, -0.15) is 5.10 Å². The molecule has 9 nitrogen and oxygen atoms in total. The Bertz CT molecular complexity index is 1440. The monoisotopic (exact) mass is 516 g/mol. The van der Waals surface area contributed by atoms with Gasteiger partial charge in [0.15, 0.2) is 5.82 Å². The van der Waals surface area contributed by atoms with Gasteiger partial charge in [0.2, 0.25) is 10.0 Å². The van der Waals surface area contributed by atoms with Crippen LogP contribution in [0.2, 0.25) is 5.02 Å². The largest absolute Gasteiger partial charge is 0.487 e. The number of hydrogen-bond donors (Lipinski definition) is 3.